The molecule has 0 spiro atoms. The molecule has 8 heteroatoms. The summed E-state index contributed by atoms with van der Waals surface area (Å²) in [6.07, 6.45) is 2.58. The zero-order valence-corrected chi connectivity index (χ0v) is 14.1. The highest BCUT2D eigenvalue weighted by Crippen LogP contribution is 2.35. The average molecular weight is 341 g/mol. The second-order valence-electron chi connectivity index (χ2n) is 4.88. The van der Waals surface area contributed by atoms with Crippen molar-refractivity contribution in [3.63, 3.8) is 0 Å². The van der Waals surface area contributed by atoms with Crippen LogP contribution in [0, 0.1) is 5.92 Å². The van der Waals surface area contributed by atoms with E-state index in [2.05, 4.69) is 22.2 Å². The van der Waals surface area contributed by atoms with Gasteiger partial charge in [-0.05, 0) is 25.8 Å². The predicted octanol–water partition coefficient (Wildman–Crippen LogP) is 2.11. The average Bonchev–Trinajstić information content (AvgIpc) is 3.02. The number of rotatable bonds is 6. The summed E-state index contributed by atoms with van der Waals surface area (Å²) in [4.78, 5) is 17.6. The Hall–Kier alpha value is -0.400. The molecule has 116 valence electrons. The van der Waals surface area contributed by atoms with E-state index in [1.165, 1.54) is 31.1 Å². The van der Waals surface area contributed by atoms with Gasteiger partial charge < -0.3 is 11.1 Å². The second-order valence-corrected chi connectivity index (χ2v) is 5.74. The lowest BCUT2D eigenvalue weighted by Crippen LogP contribution is -2.39. The summed E-state index contributed by atoms with van der Waals surface area (Å²) in [5, 5.41) is 5.36. The Morgan fingerprint density at radius 2 is 2.25 bits per heavy atom. The van der Waals surface area contributed by atoms with Crippen LogP contribution in [0.2, 0.25) is 0 Å². The van der Waals surface area contributed by atoms with Crippen LogP contribution in [-0.2, 0) is 11.3 Å². The van der Waals surface area contributed by atoms with Gasteiger partial charge in [-0.15, -0.1) is 36.2 Å². The Kier molecular flexibility index (Phi) is 8.62. The Morgan fingerprint density at radius 3 is 2.75 bits per heavy atom. The van der Waals surface area contributed by atoms with Crippen molar-refractivity contribution in [3.8, 4) is 0 Å². The molecular weight excluding hydrogens is 319 g/mol. The number of carbonyl (C=O) groups is 1. The third-order valence-corrected chi connectivity index (χ3v) is 4.03. The quantitative estimate of drug-likeness (QED) is 0.831. The SMILES string of the molecule is CC(=O)Nc1nc(CN(C)C(CN)C2CC2)cs1.Cl.Cl. The van der Waals surface area contributed by atoms with Gasteiger partial charge in [0, 0.05) is 31.4 Å². The van der Waals surface area contributed by atoms with Crippen LogP contribution in [0.15, 0.2) is 5.38 Å². The summed E-state index contributed by atoms with van der Waals surface area (Å²) in [5.41, 5.74) is 6.81. The smallest absolute Gasteiger partial charge is 0.223 e. The molecule has 1 unspecified atom stereocenters. The number of nitrogens with one attached hydrogen (secondary N) is 1. The fourth-order valence-corrected chi connectivity index (χ4v) is 2.92. The van der Waals surface area contributed by atoms with Gasteiger partial charge in [0.25, 0.3) is 0 Å². The molecule has 0 aliphatic heterocycles. The summed E-state index contributed by atoms with van der Waals surface area (Å²) in [6, 6.07) is 0.455. The van der Waals surface area contributed by atoms with Crippen molar-refractivity contribution in [1.29, 1.82) is 0 Å². The molecule has 1 aromatic heterocycles. The van der Waals surface area contributed by atoms with Gasteiger partial charge in [0.2, 0.25) is 5.91 Å². The molecule has 0 saturated heterocycles. The second kappa shape index (κ2) is 8.79. The number of carbonyl (C=O) groups excluding carboxylic acids is 1. The number of amides is 1. The third-order valence-electron chi connectivity index (χ3n) is 3.22. The maximum absolute atomic E-state index is 10.9. The number of halogens is 2. The predicted molar refractivity (Wildman–Crippen MR) is 87.9 cm³/mol. The van der Waals surface area contributed by atoms with Gasteiger partial charge in [0.1, 0.15) is 0 Å². The number of hydrogen-bond donors (Lipinski definition) is 2. The van der Waals surface area contributed by atoms with Gasteiger partial charge in [-0.1, -0.05) is 0 Å². The van der Waals surface area contributed by atoms with E-state index in [-0.39, 0.29) is 30.7 Å². The van der Waals surface area contributed by atoms with Gasteiger partial charge in [-0.3, -0.25) is 9.69 Å². The zero-order chi connectivity index (χ0) is 13.1. The third kappa shape index (κ3) is 5.54. The van der Waals surface area contributed by atoms with Crippen molar-refractivity contribution in [2.75, 3.05) is 18.9 Å². The number of hydrogen-bond acceptors (Lipinski definition) is 5. The van der Waals surface area contributed by atoms with E-state index in [0.29, 0.717) is 17.7 Å². The van der Waals surface area contributed by atoms with E-state index in [0.717, 1.165) is 18.2 Å². The molecule has 0 radical (unpaired) electrons. The summed E-state index contributed by atoms with van der Waals surface area (Å²) < 4.78 is 0. The van der Waals surface area contributed by atoms with Crippen LogP contribution in [-0.4, -0.2) is 35.4 Å². The highest BCUT2D eigenvalue weighted by atomic mass is 35.5. The molecule has 1 aliphatic rings. The first-order valence-electron chi connectivity index (χ1n) is 6.22. The van der Waals surface area contributed by atoms with Crippen LogP contribution in [0.3, 0.4) is 0 Å². The van der Waals surface area contributed by atoms with Crippen LogP contribution < -0.4 is 11.1 Å². The minimum atomic E-state index is -0.0814. The molecule has 1 aromatic rings. The first kappa shape index (κ1) is 19.6. The molecule has 5 nitrogen and oxygen atoms in total. The van der Waals surface area contributed by atoms with Crippen molar-refractivity contribution in [2.45, 2.75) is 32.4 Å². The van der Waals surface area contributed by atoms with Crippen molar-refractivity contribution in [2.24, 2.45) is 11.7 Å². The van der Waals surface area contributed by atoms with Gasteiger partial charge >= 0.3 is 0 Å². The number of anilines is 1. The van der Waals surface area contributed by atoms with Crippen LogP contribution in [0.5, 0.6) is 0 Å². The van der Waals surface area contributed by atoms with Crippen molar-refractivity contribution in [3.05, 3.63) is 11.1 Å². The molecule has 1 saturated carbocycles. The summed E-state index contributed by atoms with van der Waals surface area (Å²) in [6.45, 7) is 2.98. The van der Waals surface area contributed by atoms with Crippen LogP contribution in [0.4, 0.5) is 5.13 Å². The standard InChI is InChI=1S/C12H20N4OS.2ClH/c1-8(17)14-12-15-10(7-18-12)6-16(2)11(5-13)9-3-4-9;;/h7,9,11H,3-6,13H2,1-2H3,(H,14,15,17);2*1H. The summed E-state index contributed by atoms with van der Waals surface area (Å²) >= 11 is 1.46. The zero-order valence-electron chi connectivity index (χ0n) is 11.7. The van der Waals surface area contributed by atoms with E-state index >= 15 is 0 Å². The van der Waals surface area contributed by atoms with Crippen molar-refractivity contribution in [1.82, 2.24) is 9.88 Å². The number of thiazole rings is 1. The Labute approximate surface area is 136 Å². The Balaban J connectivity index is 0.00000180. The van der Waals surface area contributed by atoms with Crippen LogP contribution in [0.25, 0.3) is 0 Å². The summed E-state index contributed by atoms with van der Waals surface area (Å²) in [5.74, 6) is 0.676. The first-order valence-corrected chi connectivity index (χ1v) is 7.10. The molecule has 3 N–H and O–H groups in total. The van der Waals surface area contributed by atoms with Gasteiger partial charge in [0.05, 0.1) is 5.69 Å². The lowest BCUT2D eigenvalue weighted by Gasteiger charge is -2.26. The first-order chi connectivity index (χ1) is 8.60. The molecule has 2 rings (SSSR count). The maximum atomic E-state index is 10.9. The van der Waals surface area contributed by atoms with E-state index in [9.17, 15) is 4.79 Å². The van der Waals surface area contributed by atoms with E-state index < -0.39 is 0 Å². The molecule has 1 aliphatic carbocycles. The summed E-state index contributed by atoms with van der Waals surface area (Å²) in [7, 11) is 2.09. The molecule has 1 fully saturated rings. The van der Waals surface area contributed by atoms with Gasteiger partial charge in [-0.25, -0.2) is 4.98 Å². The monoisotopic (exact) mass is 340 g/mol. The Bertz CT molecular complexity index is 425. The van der Waals surface area contributed by atoms with E-state index in [4.69, 9.17) is 5.73 Å². The largest absolute Gasteiger partial charge is 0.329 e. The maximum Gasteiger partial charge on any atom is 0.223 e. The van der Waals surface area contributed by atoms with Gasteiger partial charge in [0.15, 0.2) is 5.13 Å². The highest BCUT2D eigenvalue weighted by Gasteiger charge is 2.32. The van der Waals surface area contributed by atoms with Crippen molar-refractivity contribution >= 4 is 47.2 Å². The highest BCUT2D eigenvalue weighted by molar-refractivity contribution is 7.13. The van der Waals surface area contributed by atoms with E-state index in [1.54, 1.807) is 0 Å². The van der Waals surface area contributed by atoms with Crippen LogP contribution >= 0.6 is 36.2 Å². The minimum Gasteiger partial charge on any atom is -0.329 e. The molecular formula is C12H22Cl2N4OS. The lowest BCUT2D eigenvalue weighted by molar-refractivity contribution is -0.114. The number of nitrogens with two attached hydrogens (primary N) is 1. The number of likely N-dealkylation sites (N-methyl/N-ethyl adjacent to an activating group) is 1. The molecule has 0 aromatic carbocycles. The molecule has 1 amide bonds. The lowest BCUT2D eigenvalue weighted by atomic mass is 10.1. The number of nitrogens with zero attached hydrogens (tertiary/aromatic N) is 2. The van der Waals surface area contributed by atoms with E-state index in [1.807, 2.05) is 5.38 Å². The fourth-order valence-electron chi connectivity index (χ4n) is 2.17. The Morgan fingerprint density at radius 1 is 1.60 bits per heavy atom. The molecule has 0 bridgehead atoms. The normalized spacial score (nSPS) is 15.2. The fraction of sp³-hybridized carbons (Fsp3) is 0.667. The molecule has 1 heterocycles. The molecule has 1 atom stereocenters. The molecule has 20 heavy (non-hydrogen) atoms. The minimum absolute atomic E-state index is 0. The van der Waals surface area contributed by atoms with Crippen molar-refractivity contribution < 1.29 is 4.79 Å². The topological polar surface area (TPSA) is 71.2 Å². The van der Waals surface area contributed by atoms with Crippen LogP contribution in [0.1, 0.15) is 25.5 Å². The van der Waals surface area contributed by atoms with Gasteiger partial charge in [-0.2, -0.15) is 0 Å². The number of aromatic nitrogens is 1.